The Labute approximate surface area is 73.9 Å². The quantitative estimate of drug-likeness (QED) is 0.646. The van der Waals surface area contributed by atoms with Gasteiger partial charge >= 0.3 is 0 Å². The van der Waals surface area contributed by atoms with Crippen molar-refractivity contribution in [3.63, 3.8) is 0 Å². The molecule has 0 amide bonds. The largest absolute Gasteiger partial charge is 0.396 e. The highest BCUT2D eigenvalue weighted by atomic mass is 16.5. The molecule has 1 aliphatic heterocycles. The predicted octanol–water partition coefficient (Wildman–Crippen LogP) is 0.370. The van der Waals surface area contributed by atoms with Crippen LogP contribution in [0.2, 0.25) is 0 Å². The highest BCUT2D eigenvalue weighted by Gasteiger charge is 2.17. The number of rotatable bonds is 4. The van der Waals surface area contributed by atoms with E-state index in [1.165, 1.54) is 0 Å². The summed E-state index contributed by atoms with van der Waals surface area (Å²) in [5.41, 5.74) is 5.51. The monoisotopic (exact) mass is 173 g/mol. The smallest absolute Gasteiger partial charge is 0.0471 e. The van der Waals surface area contributed by atoms with Gasteiger partial charge in [0.1, 0.15) is 0 Å². The molecule has 72 valence electrons. The molecule has 1 aliphatic rings. The highest BCUT2D eigenvalue weighted by molar-refractivity contribution is 4.69. The fourth-order valence-electron chi connectivity index (χ4n) is 1.70. The third kappa shape index (κ3) is 3.09. The fraction of sp³-hybridized carbons (Fsp3) is 1.00. The Bertz CT molecular complexity index is 109. The van der Waals surface area contributed by atoms with Crippen LogP contribution >= 0.6 is 0 Å². The fourth-order valence-corrected chi connectivity index (χ4v) is 1.70. The van der Waals surface area contributed by atoms with Crippen molar-refractivity contribution in [1.29, 1.82) is 0 Å². The lowest BCUT2D eigenvalue weighted by molar-refractivity contribution is 0.0547. The summed E-state index contributed by atoms with van der Waals surface area (Å²) in [4.78, 5) is 0. The molecule has 0 saturated carbocycles. The third-order valence-electron chi connectivity index (χ3n) is 2.60. The van der Waals surface area contributed by atoms with Crippen molar-refractivity contribution in [3.8, 4) is 0 Å². The van der Waals surface area contributed by atoms with E-state index >= 15 is 0 Å². The van der Waals surface area contributed by atoms with Gasteiger partial charge in [-0.15, -0.1) is 0 Å². The Hall–Kier alpha value is -0.120. The van der Waals surface area contributed by atoms with Crippen molar-refractivity contribution < 1.29 is 9.84 Å². The minimum atomic E-state index is 0.230. The molecule has 0 aromatic carbocycles. The van der Waals surface area contributed by atoms with Crippen LogP contribution in [0.1, 0.15) is 19.3 Å². The van der Waals surface area contributed by atoms with Gasteiger partial charge in [-0.3, -0.25) is 0 Å². The van der Waals surface area contributed by atoms with Gasteiger partial charge in [0.25, 0.3) is 0 Å². The lowest BCUT2D eigenvalue weighted by atomic mass is 9.89. The van der Waals surface area contributed by atoms with Crippen LogP contribution in [0.4, 0.5) is 0 Å². The molecule has 0 aromatic rings. The van der Waals surface area contributed by atoms with Gasteiger partial charge in [0.2, 0.25) is 0 Å². The van der Waals surface area contributed by atoms with E-state index in [0.717, 1.165) is 38.4 Å². The highest BCUT2D eigenvalue weighted by Crippen LogP contribution is 2.22. The second-order valence-electron chi connectivity index (χ2n) is 3.58. The maximum atomic E-state index is 8.95. The zero-order valence-corrected chi connectivity index (χ0v) is 7.54. The minimum absolute atomic E-state index is 0.230. The average molecular weight is 173 g/mol. The third-order valence-corrected chi connectivity index (χ3v) is 2.60. The van der Waals surface area contributed by atoms with Gasteiger partial charge in [-0.25, -0.2) is 0 Å². The average Bonchev–Trinajstić information content (AvgIpc) is 2.16. The van der Waals surface area contributed by atoms with Gasteiger partial charge in [0, 0.05) is 19.8 Å². The van der Waals surface area contributed by atoms with Crippen LogP contribution in [0, 0.1) is 11.8 Å². The molecule has 1 fully saturated rings. The van der Waals surface area contributed by atoms with E-state index in [9.17, 15) is 0 Å². The topological polar surface area (TPSA) is 55.5 Å². The normalized spacial score (nSPS) is 22.5. The standard InChI is InChI=1S/C9H19NO2/c10-6-9(7-11)5-8-1-3-12-4-2-8/h8-9,11H,1-7,10H2/t9-/m0/s1. The second kappa shape index (κ2) is 5.51. The van der Waals surface area contributed by atoms with Crippen molar-refractivity contribution in [2.75, 3.05) is 26.4 Å². The molecule has 0 radical (unpaired) electrons. The summed E-state index contributed by atoms with van der Waals surface area (Å²) in [5.74, 6) is 1.02. The van der Waals surface area contributed by atoms with Gasteiger partial charge in [-0.2, -0.15) is 0 Å². The number of aliphatic hydroxyl groups excluding tert-OH is 1. The predicted molar refractivity (Wildman–Crippen MR) is 47.8 cm³/mol. The Morgan fingerprint density at radius 3 is 2.58 bits per heavy atom. The molecule has 0 unspecified atom stereocenters. The molecular formula is C9H19NO2. The van der Waals surface area contributed by atoms with Crippen LogP contribution in [-0.4, -0.2) is 31.5 Å². The lowest BCUT2D eigenvalue weighted by Crippen LogP contribution is -2.24. The van der Waals surface area contributed by atoms with Gasteiger partial charge in [0.05, 0.1) is 0 Å². The Morgan fingerprint density at radius 1 is 1.42 bits per heavy atom. The molecule has 12 heavy (non-hydrogen) atoms. The molecular weight excluding hydrogens is 154 g/mol. The minimum Gasteiger partial charge on any atom is -0.396 e. The van der Waals surface area contributed by atoms with E-state index in [1.54, 1.807) is 0 Å². The van der Waals surface area contributed by atoms with Crippen LogP contribution in [0.3, 0.4) is 0 Å². The molecule has 1 rings (SSSR count). The first-order valence-electron chi connectivity index (χ1n) is 4.75. The van der Waals surface area contributed by atoms with Crippen molar-refractivity contribution in [1.82, 2.24) is 0 Å². The summed E-state index contributed by atoms with van der Waals surface area (Å²) in [6.45, 7) is 2.60. The van der Waals surface area contributed by atoms with Gasteiger partial charge in [0.15, 0.2) is 0 Å². The summed E-state index contributed by atoms with van der Waals surface area (Å²) in [6, 6.07) is 0. The van der Waals surface area contributed by atoms with Crippen molar-refractivity contribution in [2.24, 2.45) is 17.6 Å². The van der Waals surface area contributed by atoms with Crippen LogP contribution in [-0.2, 0) is 4.74 Å². The van der Waals surface area contributed by atoms with E-state index < -0.39 is 0 Å². The molecule has 0 aliphatic carbocycles. The first kappa shape index (κ1) is 9.96. The molecule has 0 spiro atoms. The lowest BCUT2D eigenvalue weighted by Gasteiger charge is -2.24. The van der Waals surface area contributed by atoms with E-state index in [2.05, 4.69) is 0 Å². The molecule has 0 bridgehead atoms. The molecule has 1 saturated heterocycles. The molecule has 3 nitrogen and oxygen atoms in total. The van der Waals surface area contributed by atoms with E-state index in [0.29, 0.717) is 12.5 Å². The molecule has 3 heteroatoms. The van der Waals surface area contributed by atoms with Crippen molar-refractivity contribution in [3.05, 3.63) is 0 Å². The van der Waals surface area contributed by atoms with Crippen LogP contribution in [0.5, 0.6) is 0 Å². The molecule has 1 heterocycles. The Morgan fingerprint density at radius 2 is 2.08 bits per heavy atom. The number of hydrogen-bond donors (Lipinski definition) is 2. The summed E-state index contributed by atoms with van der Waals surface area (Å²) in [7, 11) is 0. The zero-order chi connectivity index (χ0) is 8.81. The number of hydrogen-bond acceptors (Lipinski definition) is 3. The van der Waals surface area contributed by atoms with E-state index in [1.807, 2.05) is 0 Å². The SMILES string of the molecule is NC[C@@H](CO)CC1CCOCC1. The van der Waals surface area contributed by atoms with E-state index in [-0.39, 0.29) is 6.61 Å². The zero-order valence-electron chi connectivity index (χ0n) is 7.54. The summed E-state index contributed by atoms with van der Waals surface area (Å²) in [6.07, 6.45) is 3.34. The van der Waals surface area contributed by atoms with Gasteiger partial charge < -0.3 is 15.6 Å². The summed E-state index contributed by atoms with van der Waals surface area (Å²) < 4.78 is 5.25. The van der Waals surface area contributed by atoms with Crippen LogP contribution < -0.4 is 5.73 Å². The summed E-state index contributed by atoms with van der Waals surface area (Å²) >= 11 is 0. The molecule has 3 N–H and O–H groups in total. The van der Waals surface area contributed by atoms with Gasteiger partial charge in [-0.1, -0.05) is 0 Å². The maximum Gasteiger partial charge on any atom is 0.0471 e. The van der Waals surface area contributed by atoms with Crippen molar-refractivity contribution in [2.45, 2.75) is 19.3 Å². The molecule has 1 atom stereocenters. The van der Waals surface area contributed by atoms with Crippen LogP contribution in [0.15, 0.2) is 0 Å². The van der Waals surface area contributed by atoms with E-state index in [4.69, 9.17) is 15.6 Å². The van der Waals surface area contributed by atoms with Crippen molar-refractivity contribution >= 4 is 0 Å². The first-order valence-corrected chi connectivity index (χ1v) is 4.75. The number of aliphatic hydroxyl groups is 1. The first-order chi connectivity index (χ1) is 5.86. The maximum absolute atomic E-state index is 8.95. The number of nitrogens with two attached hydrogens (primary N) is 1. The molecule has 0 aromatic heterocycles. The summed E-state index contributed by atoms with van der Waals surface area (Å²) in [5, 5.41) is 8.95. The Kier molecular flexibility index (Phi) is 4.58. The second-order valence-corrected chi connectivity index (χ2v) is 3.58. The van der Waals surface area contributed by atoms with Crippen LogP contribution in [0.25, 0.3) is 0 Å². The number of ether oxygens (including phenoxy) is 1. The van der Waals surface area contributed by atoms with Gasteiger partial charge in [-0.05, 0) is 37.6 Å². The Balaban J connectivity index is 2.18.